The van der Waals surface area contributed by atoms with Gasteiger partial charge >= 0.3 is 0 Å². The number of carbonyl (C=O) groups excluding carboxylic acids is 1. The first kappa shape index (κ1) is 17.8. The smallest absolute Gasteiger partial charge is 0.238 e. The van der Waals surface area contributed by atoms with Crippen LogP contribution in [0.25, 0.3) is 0 Å². The number of hydrogen-bond donors (Lipinski definition) is 2. The maximum Gasteiger partial charge on any atom is 0.238 e. The summed E-state index contributed by atoms with van der Waals surface area (Å²) in [7, 11) is 1.89. The Kier molecular flexibility index (Phi) is 7.01. The van der Waals surface area contributed by atoms with Crippen molar-refractivity contribution in [3.05, 3.63) is 29.8 Å². The van der Waals surface area contributed by atoms with Crippen molar-refractivity contribution in [3.8, 4) is 0 Å². The molecule has 0 radical (unpaired) electrons. The van der Waals surface area contributed by atoms with E-state index in [1.165, 1.54) is 0 Å². The molecule has 0 bridgehead atoms. The lowest BCUT2D eigenvalue weighted by Crippen LogP contribution is -2.44. The number of nitrogens with zero attached hydrogens (tertiary/aromatic N) is 1. The zero-order valence-electron chi connectivity index (χ0n) is 11.9. The monoisotopic (exact) mass is 319 g/mol. The van der Waals surface area contributed by atoms with Gasteiger partial charge in [-0.15, -0.1) is 12.4 Å². The Bertz CT molecular complexity index is 461. The highest BCUT2D eigenvalue weighted by Crippen LogP contribution is 2.14. The van der Waals surface area contributed by atoms with Crippen molar-refractivity contribution in [2.24, 2.45) is 0 Å². The Hall–Kier alpha value is -1.24. The largest absolute Gasteiger partial charge is 0.325 e. The van der Waals surface area contributed by atoms with Gasteiger partial charge in [-0.1, -0.05) is 0 Å². The zero-order chi connectivity index (χ0) is 14.5. The molecule has 0 aliphatic carbocycles. The van der Waals surface area contributed by atoms with E-state index in [0.717, 1.165) is 44.1 Å². The molecule has 0 aromatic heterocycles. The lowest BCUT2D eigenvalue weighted by Gasteiger charge is -2.31. The first-order valence-electron chi connectivity index (χ1n) is 6.71. The number of nitrogens with one attached hydrogen (secondary N) is 2. The molecule has 21 heavy (non-hydrogen) atoms. The van der Waals surface area contributed by atoms with Crippen molar-refractivity contribution in [2.45, 2.75) is 18.9 Å². The predicted molar refractivity (Wildman–Crippen MR) is 80.8 cm³/mol. The topological polar surface area (TPSA) is 44.4 Å². The van der Waals surface area contributed by atoms with Gasteiger partial charge in [-0.3, -0.25) is 9.69 Å². The van der Waals surface area contributed by atoms with Gasteiger partial charge in [0, 0.05) is 17.8 Å². The number of carbonyl (C=O) groups is 1. The first-order chi connectivity index (χ1) is 9.54. The summed E-state index contributed by atoms with van der Waals surface area (Å²) in [5, 5.41) is 5.78. The highest BCUT2D eigenvalue weighted by molar-refractivity contribution is 5.92. The van der Waals surface area contributed by atoms with Crippen LogP contribution in [-0.2, 0) is 4.79 Å². The van der Waals surface area contributed by atoms with Crippen molar-refractivity contribution < 1.29 is 13.6 Å². The van der Waals surface area contributed by atoms with E-state index in [-0.39, 0.29) is 30.5 Å². The summed E-state index contributed by atoms with van der Waals surface area (Å²) in [6.07, 6.45) is 2.00. The van der Waals surface area contributed by atoms with Crippen molar-refractivity contribution in [1.82, 2.24) is 10.2 Å². The van der Waals surface area contributed by atoms with Gasteiger partial charge in [0.2, 0.25) is 5.91 Å². The molecule has 1 fully saturated rings. The maximum atomic E-state index is 13.0. The SMILES string of the molecule is CN(CC(=O)Nc1cc(F)cc(F)c1)C1CCNCC1.Cl. The van der Waals surface area contributed by atoms with Gasteiger partial charge in [-0.05, 0) is 45.1 Å². The molecule has 1 saturated heterocycles. The third kappa shape index (κ3) is 5.57. The second-order valence-corrected chi connectivity index (χ2v) is 5.10. The number of piperidine rings is 1. The zero-order valence-corrected chi connectivity index (χ0v) is 12.7. The maximum absolute atomic E-state index is 13.0. The van der Waals surface area contributed by atoms with Gasteiger partial charge < -0.3 is 10.6 Å². The van der Waals surface area contributed by atoms with Crippen LogP contribution < -0.4 is 10.6 Å². The number of amides is 1. The van der Waals surface area contributed by atoms with Crippen molar-refractivity contribution in [3.63, 3.8) is 0 Å². The number of likely N-dealkylation sites (N-methyl/N-ethyl adjacent to an activating group) is 1. The van der Waals surface area contributed by atoms with Gasteiger partial charge in [0.05, 0.1) is 6.54 Å². The minimum atomic E-state index is -0.702. The molecule has 0 atom stereocenters. The predicted octanol–water partition coefficient (Wildman–Crippen LogP) is 2.01. The standard InChI is InChI=1S/C14H19F2N3O.ClH/c1-19(13-2-4-17-5-3-13)9-14(20)18-12-7-10(15)6-11(16)8-12;/h6-8,13,17H,2-5,9H2,1H3,(H,18,20);1H. The van der Waals surface area contributed by atoms with E-state index in [1.54, 1.807) is 0 Å². The second kappa shape index (κ2) is 8.26. The van der Waals surface area contributed by atoms with E-state index in [2.05, 4.69) is 10.6 Å². The Morgan fingerprint density at radius 2 is 1.86 bits per heavy atom. The second-order valence-electron chi connectivity index (χ2n) is 5.10. The van der Waals surface area contributed by atoms with Crippen LogP contribution >= 0.6 is 12.4 Å². The van der Waals surface area contributed by atoms with Gasteiger partial charge in [-0.25, -0.2) is 8.78 Å². The summed E-state index contributed by atoms with van der Waals surface area (Å²) in [5.41, 5.74) is 0.145. The Labute approximate surface area is 129 Å². The number of hydrogen-bond acceptors (Lipinski definition) is 3. The minimum absolute atomic E-state index is 0. The Balaban J connectivity index is 0.00000220. The molecule has 1 aromatic carbocycles. The Morgan fingerprint density at radius 3 is 2.43 bits per heavy atom. The molecule has 1 heterocycles. The van der Waals surface area contributed by atoms with E-state index in [9.17, 15) is 13.6 Å². The molecule has 7 heteroatoms. The number of anilines is 1. The van der Waals surface area contributed by atoms with Gasteiger partial charge in [0.25, 0.3) is 0 Å². The highest BCUT2D eigenvalue weighted by atomic mass is 35.5. The molecule has 1 amide bonds. The molecule has 0 unspecified atom stereocenters. The van der Waals surface area contributed by atoms with E-state index >= 15 is 0 Å². The van der Waals surface area contributed by atoms with Crippen LogP contribution in [0.15, 0.2) is 18.2 Å². The van der Waals surface area contributed by atoms with Crippen LogP contribution in [0.3, 0.4) is 0 Å². The van der Waals surface area contributed by atoms with E-state index in [4.69, 9.17) is 0 Å². The van der Waals surface area contributed by atoms with Crippen LogP contribution in [0.4, 0.5) is 14.5 Å². The summed E-state index contributed by atoms with van der Waals surface area (Å²) in [6, 6.07) is 3.35. The molecule has 1 aromatic rings. The normalized spacial score (nSPS) is 15.6. The molecule has 118 valence electrons. The number of rotatable bonds is 4. The number of halogens is 3. The fraction of sp³-hybridized carbons (Fsp3) is 0.500. The molecule has 4 nitrogen and oxygen atoms in total. The van der Waals surface area contributed by atoms with E-state index in [1.807, 2.05) is 11.9 Å². The third-order valence-electron chi connectivity index (χ3n) is 3.47. The van der Waals surface area contributed by atoms with E-state index in [0.29, 0.717) is 6.04 Å². The van der Waals surface area contributed by atoms with Crippen molar-refractivity contribution >= 4 is 24.0 Å². The van der Waals surface area contributed by atoms with Crippen LogP contribution in [0.5, 0.6) is 0 Å². The fourth-order valence-electron chi connectivity index (χ4n) is 2.43. The average Bonchev–Trinajstić information content (AvgIpc) is 2.38. The van der Waals surface area contributed by atoms with Crippen LogP contribution in [0.1, 0.15) is 12.8 Å². The third-order valence-corrected chi connectivity index (χ3v) is 3.47. The molecule has 2 rings (SSSR count). The molecule has 1 aliphatic heterocycles. The summed E-state index contributed by atoms with van der Waals surface area (Å²) >= 11 is 0. The van der Waals surface area contributed by atoms with Gasteiger partial charge in [0.15, 0.2) is 0 Å². The summed E-state index contributed by atoms with van der Waals surface area (Å²) in [6.45, 7) is 2.11. The van der Waals surface area contributed by atoms with Crippen LogP contribution in [0, 0.1) is 11.6 Å². The molecule has 0 spiro atoms. The van der Waals surface area contributed by atoms with Crippen LogP contribution in [0.2, 0.25) is 0 Å². The average molecular weight is 320 g/mol. The van der Waals surface area contributed by atoms with Gasteiger partial charge in [0.1, 0.15) is 11.6 Å². The summed E-state index contributed by atoms with van der Waals surface area (Å²) in [4.78, 5) is 13.9. The lowest BCUT2D eigenvalue weighted by molar-refractivity contribution is -0.117. The molecule has 2 N–H and O–H groups in total. The van der Waals surface area contributed by atoms with E-state index < -0.39 is 11.6 Å². The van der Waals surface area contributed by atoms with Crippen molar-refractivity contribution in [2.75, 3.05) is 32.0 Å². The highest BCUT2D eigenvalue weighted by Gasteiger charge is 2.19. The first-order valence-corrected chi connectivity index (χ1v) is 6.71. The molecular formula is C14H20ClF2N3O. The summed E-state index contributed by atoms with van der Waals surface area (Å²) in [5.74, 6) is -1.67. The molecule has 1 aliphatic rings. The quantitative estimate of drug-likeness (QED) is 0.892. The van der Waals surface area contributed by atoms with Crippen molar-refractivity contribution in [1.29, 1.82) is 0 Å². The lowest BCUT2D eigenvalue weighted by atomic mass is 10.1. The Morgan fingerprint density at radius 1 is 1.29 bits per heavy atom. The summed E-state index contributed by atoms with van der Waals surface area (Å²) < 4.78 is 26.0. The fourth-order valence-corrected chi connectivity index (χ4v) is 2.43. The molecular weight excluding hydrogens is 300 g/mol. The van der Waals surface area contributed by atoms with Crippen LogP contribution in [-0.4, -0.2) is 43.5 Å². The number of benzene rings is 1. The van der Waals surface area contributed by atoms with Gasteiger partial charge in [-0.2, -0.15) is 0 Å². The minimum Gasteiger partial charge on any atom is -0.325 e. The molecule has 0 saturated carbocycles.